The second-order valence-corrected chi connectivity index (χ2v) is 19.0. The van der Waals surface area contributed by atoms with Crippen LogP contribution in [0.25, 0.3) is 55.6 Å². The number of para-hydroxylation sites is 2. The predicted molar refractivity (Wildman–Crippen MR) is 286 cm³/mol. The Balaban J connectivity index is 0.997. The highest BCUT2D eigenvalue weighted by Crippen LogP contribution is 2.66. The first-order valence-corrected chi connectivity index (χ1v) is 24.3. The second-order valence-electron chi connectivity index (χ2n) is 19.0. The summed E-state index contributed by atoms with van der Waals surface area (Å²) in [4.78, 5) is 2.47. The zero-order valence-electron chi connectivity index (χ0n) is 38.2. The van der Waals surface area contributed by atoms with E-state index in [0.29, 0.717) is 0 Å². The van der Waals surface area contributed by atoms with Crippen LogP contribution in [-0.2, 0) is 10.8 Å². The van der Waals surface area contributed by atoms with E-state index in [4.69, 9.17) is 4.74 Å². The van der Waals surface area contributed by atoms with Gasteiger partial charge in [0.15, 0.2) is 0 Å². The van der Waals surface area contributed by atoms with Gasteiger partial charge in [0.25, 0.3) is 0 Å². The summed E-state index contributed by atoms with van der Waals surface area (Å²) < 4.78 is 7.12. The molecule has 0 saturated carbocycles. The minimum atomic E-state index is -0.700. The number of benzene rings is 11. The van der Waals surface area contributed by atoms with Crippen molar-refractivity contribution in [2.75, 3.05) is 4.90 Å². The van der Waals surface area contributed by atoms with Crippen molar-refractivity contribution < 1.29 is 4.74 Å². The smallest absolute Gasteiger partial charge is 0.132 e. The van der Waals surface area contributed by atoms with Crippen molar-refractivity contribution in [3.63, 3.8) is 0 Å². The molecule has 3 aliphatic carbocycles. The summed E-state index contributed by atoms with van der Waals surface area (Å²) >= 11 is 0. The lowest BCUT2D eigenvalue weighted by Crippen LogP contribution is -2.32. The van der Waals surface area contributed by atoms with Crippen molar-refractivity contribution in [2.45, 2.75) is 10.8 Å². The first kappa shape index (κ1) is 39.1. The normalized spacial score (nSPS) is 15.4. The number of hydrogen-bond donors (Lipinski definition) is 0. The molecule has 0 aromatic heterocycles. The zero-order chi connectivity index (χ0) is 46.0. The van der Waals surface area contributed by atoms with Gasteiger partial charge in [0.05, 0.1) is 10.8 Å². The molecule has 2 spiro atoms. The summed E-state index contributed by atoms with van der Waals surface area (Å²) in [6, 6.07) is 96.5. The fourth-order valence-electron chi connectivity index (χ4n) is 13.0. The molecule has 1 heterocycles. The van der Waals surface area contributed by atoms with E-state index in [1.54, 1.807) is 0 Å². The molecule has 11 aromatic carbocycles. The Morgan fingerprint density at radius 3 is 1.09 bits per heavy atom. The maximum Gasteiger partial charge on any atom is 0.132 e. The molecule has 15 rings (SSSR count). The van der Waals surface area contributed by atoms with Gasteiger partial charge in [0.1, 0.15) is 11.5 Å². The third-order valence-electron chi connectivity index (χ3n) is 15.7. The van der Waals surface area contributed by atoms with Gasteiger partial charge in [0, 0.05) is 28.2 Å². The SMILES string of the molecule is c1ccc(-c2cc3c(cc2-c2ccccc2)C2(c4ccccc4O3)c3ccccc3-c3ccc(N(c4ccccc4)c4ccc5c(c4)C4(c6ccccc6-c6ccccc64)c4ccccc4-5)cc32)cc1. The van der Waals surface area contributed by atoms with Gasteiger partial charge in [-0.2, -0.15) is 0 Å². The predicted octanol–water partition coefficient (Wildman–Crippen LogP) is 17.3. The minimum absolute atomic E-state index is 0.467. The van der Waals surface area contributed by atoms with E-state index in [0.717, 1.165) is 56.4 Å². The molecular weight excluding hydrogens is 847 g/mol. The summed E-state index contributed by atoms with van der Waals surface area (Å²) in [7, 11) is 0. The van der Waals surface area contributed by atoms with Crippen LogP contribution in [0.4, 0.5) is 17.1 Å². The fourth-order valence-corrected chi connectivity index (χ4v) is 13.0. The van der Waals surface area contributed by atoms with E-state index < -0.39 is 10.8 Å². The van der Waals surface area contributed by atoms with Crippen molar-refractivity contribution in [1.82, 2.24) is 0 Å². The Morgan fingerprint density at radius 2 is 0.600 bits per heavy atom. The molecule has 326 valence electrons. The average Bonchev–Trinajstić information content (AvgIpc) is 4.02. The van der Waals surface area contributed by atoms with Crippen LogP contribution in [0.1, 0.15) is 44.5 Å². The molecule has 70 heavy (non-hydrogen) atoms. The minimum Gasteiger partial charge on any atom is -0.457 e. The molecule has 0 bridgehead atoms. The molecule has 1 aliphatic heterocycles. The van der Waals surface area contributed by atoms with Crippen LogP contribution in [0.3, 0.4) is 0 Å². The van der Waals surface area contributed by atoms with E-state index in [2.05, 4.69) is 266 Å². The molecule has 2 nitrogen and oxygen atoms in total. The van der Waals surface area contributed by atoms with E-state index in [-0.39, 0.29) is 0 Å². The Kier molecular flexibility index (Phi) is 8.24. The summed E-state index contributed by atoms with van der Waals surface area (Å²) in [5, 5.41) is 0. The fraction of sp³-hybridized carbons (Fsp3) is 0.0294. The van der Waals surface area contributed by atoms with Crippen molar-refractivity contribution in [1.29, 1.82) is 0 Å². The van der Waals surface area contributed by atoms with Gasteiger partial charge in [-0.15, -0.1) is 0 Å². The van der Waals surface area contributed by atoms with E-state index >= 15 is 0 Å². The van der Waals surface area contributed by atoms with Gasteiger partial charge in [-0.05, 0) is 144 Å². The number of rotatable bonds is 5. The molecule has 0 amide bonds. The van der Waals surface area contributed by atoms with Crippen LogP contribution in [0.5, 0.6) is 11.5 Å². The third kappa shape index (κ3) is 5.17. The molecule has 0 fully saturated rings. The van der Waals surface area contributed by atoms with Gasteiger partial charge in [-0.3, -0.25) is 0 Å². The maximum atomic E-state index is 7.12. The maximum absolute atomic E-state index is 7.12. The number of anilines is 3. The Hall–Kier alpha value is -8.98. The van der Waals surface area contributed by atoms with Crippen LogP contribution in [0.15, 0.2) is 261 Å². The second kappa shape index (κ2) is 14.8. The number of nitrogens with zero attached hydrogens (tertiary/aromatic N) is 1. The zero-order valence-corrected chi connectivity index (χ0v) is 38.2. The van der Waals surface area contributed by atoms with Crippen LogP contribution in [0, 0.1) is 0 Å². The quantitative estimate of drug-likeness (QED) is 0.171. The van der Waals surface area contributed by atoms with Crippen LogP contribution >= 0.6 is 0 Å². The third-order valence-corrected chi connectivity index (χ3v) is 15.7. The summed E-state index contributed by atoms with van der Waals surface area (Å²) in [6.07, 6.45) is 0. The molecule has 4 aliphatic rings. The molecular formula is C68H43NO. The lowest BCUT2D eigenvalue weighted by atomic mass is 9.65. The number of ether oxygens (including phenoxy) is 1. The first-order valence-electron chi connectivity index (χ1n) is 24.3. The van der Waals surface area contributed by atoms with Gasteiger partial charge in [-0.1, -0.05) is 206 Å². The molecule has 1 atom stereocenters. The average molecular weight is 890 g/mol. The summed E-state index contributed by atoms with van der Waals surface area (Å²) in [6.45, 7) is 0. The van der Waals surface area contributed by atoms with Crippen molar-refractivity contribution in [3.05, 3.63) is 305 Å². The number of hydrogen-bond acceptors (Lipinski definition) is 2. The monoisotopic (exact) mass is 889 g/mol. The molecule has 0 N–H and O–H groups in total. The van der Waals surface area contributed by atoms with Gasteiger partial charge in [0.2, 0.25) is 0 Å². The van der Waals surface area contributed by atoms with Crippen LogP contribution in [-0.4, -0.2) is 0 Å². The molecule has 0 radical (unpaired) electrons. The highest BCUT2D eigenvalue weighted by Gasteiger charge is 2.53. The topological polar surface area (TPSA) is 12.5 Å². The summed E-state index contributed by atoms with van der Waals surface area (Å²) in [5.74, 6) is 1.74. The molecule has 11 aromatic rings. The van der Waals surface area contributed by atoms with Crippen LogP contribution in [0.2, 0.25) is 0 Å². The molecule has 2 heteroatoms. The van der Waals surface area contributed by atoms with Gasteiger partial charge in [-0.25, -0.2) is 0 Å². The molecule has 0 saturated heterocycles. The largest absolute Gasteiger partial charge is 0.457 e. The Labute approximate surface area is 408 Å². The highest BCUT2D eigenvalue weighted by atomic mass is 16.5. The lowest BCUT2D eigenvalue weighted by Gasteiger charge is -2.40. The lowest BCUT2D eigenvalue weighted by molar-refractivity contribution is 0.436. The summed E-state index contributed by atoms with van der Waals surface area (Å²) in [5.41, 5.74) is 24.5. The van der Waals surface area contributed by atoms with E-state index in [1.165, 1.54) is 72.3 Å². The van der Waals surface area contributed by atoms with Crippen LogP contribution < -0.4 is 9.64 Å². The first-order chi connectivity index (χ1) is 34.7. The van der Waals surface area contributed by atoms with E-state index in [9.17, 15) is 0 Å². The van der Waals surface area contributed by atoms with Crippen molar-refractivity contribution in [3.8, 4) is 67.1 Å². The van der Waals surface area contributed by atoms with Gasteiger partial charge >= 0.3 is 0 Å². The Bertz CT molecular complexity index is 3870. The van der Waals surface area contributed by atoms with Gasteiger partial charge < -0.3 is 9.64 Å². The highest BCUT2D eigenvalue weighted by molar-refractivity contribution is 5.98. The van der Waals surface area contributed by atoms with Crippen molar-refractivity contribution >= 4 is 17.1 Å². The van der Waals surface area contributed by atoms with Crippen molar-refractivity contribution in [2.24, 2.45) is 0 Å². The standard InChI is InChI=1S/C68H43NO/c1-4-20-44(21-5-1)55-42-64-66(43-56(55)45-22-6-2-7-23-45)70-65-35-19-18-34-61(65)68(64)60-33-17-13-29-52(60)54-39-37-48(41-63(54)68)69(46-24-8-3-9-25-46)47-36-38-53-51-28-12-16-32-59(51)67(62(53)40-47)57-30-14-10-26-49(57)50-27-11-15-31-58(50)67/h1-43H. The molecule has 1 unspecified atom stereocenters. The van der Waals surface area contributed by atoms with E-state index in [1.807, 2.05) is 0 Å². The Morgan fingerprint density at radius 1 is 0.229 bits per heavy atom. The number of fused-ring (bicyclic) bond motifs is 19.